The maximum Gasteiger partial charge on any atom is 0.226 e. The summed E-state index contributed by atoms with van der Waals surface area (Å²) >= 11 is 5.81. The highest BCUT2D eigenvalue weighted by molar-refractivity contribution is 6.31. The average Bonchev–Trinajstić information content (AvgIpc) is 2.23. The summed E-state index contributed by atoms with van der Waals surface area (Å²) in [6, 6.07) is 0. The standard InChI is InChI=1S/C8H12ClN5/c9-7-6(10)5-12-8(13-7)14-3-1-11-2-4-14/h5,11H,1-4,10H2. The second-order valence-corrected chi connectivity index (χ2v) is 3.51. The van der Waals surface area contributed by atoms with Crippen LogP contribution in [0.1, 0.15) is 0 Å². The van der Waals surface area contributed by atoms with Gasteiger partial charge in [-0.05, 0) is 0 Å². The Labute approximate surface area is 87.3 Å². The van der Waals surface area contributed by atoms with E-state index in [-0.39, 0.29) is 0 Å². The van der Waals surface area contributed by atoms with Crippen LogP contribution in [0.3, 0.4) is 0 Å². The van der Waals surface area contributed by atoms with Crippen LogP contribution in [0.2, 0.25) is 5.15 Å². The van der Waals surface area contributed by atoms with E-state index in [1.165, 1.54) is 0 Å². The van der Waals surface area contributed by atoms with E-state index in [9.17, 15) is 0 Å². The molecular formula is C8H12ClN5. The predicted molar refractivity (Wildman–Crippen MR) is 56.5 cm³/mol. The molecule has 5 nitrogen and oxygen atoms in total. The van der Waals surface area contributed by atoms with Gasteiger partial charge in [0.1, 0.15) is 0 Å². The molecule has 0 atom stereocenters. The van der Waals surface area contributed by atoms with Gasteiger partial charge in [0.25, 0.3) is 0 Å². The number of hydrogen-bond acceptors (Lipinski definition) is 5. The van der Waals surface area contributed by atoms with Crippen molar-refractivity contribution in [1.29, 1.82) is 0 Å². The first kappa shape index (κ1) is 9.48. The molecule has 2 heterocycles. The summed E-state index contributed by atoms with van der Waals surface area (Å²) in [6.45, 7) is 3.71. The van der Waals surface area contributed by atoms with Crippen molar-refractivity contribution < 1.29 is 0 Å². The lowest BCUT2D eigenvalue weighted by atomic mass is 10.4. The van der Waals surface area contributed by atoms with E-state index < -0.39 is 0 Å². The summed E-state index contributed by atoms with van der Waals surface area (Å²) < 4.78 is 0. The number of nitrogen functional groups attached to an aromatic ring is 1. The Morgan fingerprint density at radius 2 is 2.14 bits per heavy atom. The summed E-state index contributed by atoms with van der Waals surface area (Å²) in [5.74, 6) is 0.658. The molecule has 1 aliphatic rings. The Balaban J connectivity index is 2.18. The van der Waals surface area contributed by atoms with Gasteiger partial charge >= 0.3 is 0 Å². The molecule has 1 fully saturated rings. The molecule has 2 rings (SSSR count). The van der Waals surface area contributed by atoms with Gasteiger partial charge in [-0.1, -0.05) is 11.6 Å². The maximum absolute atomic E-state index is 5.81. The van der Waals surface area contributed by atoms with Crippen LogP contribution in [0.4, 0.5) is 11.6 Å². The summed E-state index contributed by atoms with van der Waals surface area (Å²) in [5.41, 5.74) is 5.95. The molecule has 1 saturated heterocycles. The fraction of sp³-hybridized carbons (Fsp3) is 0.500. The molecule has 0 radical (unpaired) electrons. The Bertz CT molecular complexity index is 324. The van der Waals surface area contributed by atoms with E-state index in [1.54, 1.807) is 6.20 Å². The molecule has 0 unspecified atom stereocenters. The Morgan fingerprint density at radius 1 is 1.43 bits per heavy atom. The largest absolute Gasteiger partial charge is 0.395 e. The molecule has 0 amide bonds. The lowest BCUT2D eigenvalue weighted by molar-refractivity contribution is 0.580. The summed E-state index contributed by atoms with van der Waals surface area (Å²) in [6.07, 6.45) is 1.55. The van der Waals surface area contributed by atoms with Gasteiger partial charge in [0.2, 0.25) is 5.95 Å². The molecule has 0 bridgehead atoms. The Hall–Kier alpha value is -1.07. The van der Waals surface area contributed by atoms with Crippen molar-refractivity contribution >= 4 is 23.2 Å². The van der Waals surface area contributed by atoms with Crippen LogP contribution in [0.25, 0.3) is 0 Å². The van der Waals surface area contributed by atoms with Gasteiger partial charge in [-0.2, -0.15) is 4.98 Å². The third-order valence-corrected chi connectivity index (χ3v) is 2.46. The molecule has 0 spiro atoms. The number of anilines is 2. The average molecular weight is 214 g/mol. The zero-order valence-corrected chi connectivity index (χ0v) is 8.46. The third kappa shape index (κ3) is 1.88. The number of nitrogens with zero attached hydrogens (tertiary/aromatic N) is 3. The number of rotatable bonds is 1. The van der Waals surface area contributed by atoms with Gasteiger partial charge in [0.15, 0.2) is 5.15 Å². The van der Waals surface area contributed by atoms with Gasteiger partial charge in [-0.15, -0.1) is 0 Å². The first-order valence-electron chi connectivity index (χ1n) is 4.51. The minimum atomic E-state index is 0.327. The van der Waals surface area contributed by atoms with Crippen molar-refractivity contribution in [2.75, 3.05) is 36.8 Å². The molecule has 0 aliphatic carbocycles. The van der Waals surface area contributed by atoms with Crippen molar-refractivity contribution in [3.63, 3.8) is 0 Å². The van der Waals surface area contributed by atoms with Crippen molar-refractivity contribution in [1.82, 2.24) is 15.3 Å². The van der Waals surface area contributed by atoms with E-state index in [4.69, 9.17) is 17.3 Å². The van der Waals surface area contributed by atoms with Crippen LogP contribution < -0.4 is 16.0 Å². The molecule has 0 aromatic carbocycles. The quantitative estimate of drug-likeness (QED) is 0.649. The fourth-order valence-corrected chi connectivity index (χ4v) is 1.50. The van der Waals surface area contributed by atoms with Crippen molar-refractivity contribution in [2.24, 2.45) is 0 Å². The number of nitrogens with one attached hydrogen (secondary N) is 1. The molecule has 6 heteroatoms. The number of nitrogens with two attached hydrogens (primary N) is 1. The van der Waals surface area contributed by atoms with Gasteiger partial charge < -0.3 is 16.0 Å². The first-order chi connectivity index (χ1) is 6.77. The Morgan fingerprint density at radius 3 is 2.79 bits per heavy atom. The second-order valence-electron chi connectivity index (χ2n) is 3.15. The summed E-state index contributed by atoms with van der Waals surface area (Å²) in [7, 11) is 0. The first-order valence-corrected chi connectivity index (χ1v) is 4.89. The molecule has 1 aromatic rings. The second kappa shape index (κ2) is 3.98. The third-order valence-electron chi connectivity index (χ3n) is 2.16. The fourth-order valence-electron chi connectivity index (χ4n) is 1.38. The van der Waals surface area contributed by atoms with Crippen LogP contribution in [0.5, 0.6) is 0 Å². The zero-order valence-electron chi connectivity index (χ0n) is 7.70. The highest BCUT2D eigenvalue weighted by atomic mass is 35.5. The number of hydrogen-bond donors (Lipinski definition) is 2. The van der Waals surface area contributed by atoms with Crippen molar-refractivity contribution in [3.05, 3.63) is 11.3 Å². The van der Waals surface area contributed by atoms with Crippen molar-refractivity contribution in [2.45, 2.75) is 0 Å². The lowest BCUT2D eigenvalue weighted by Gasteiger charge is -2.27. The minimum absolute atomic E-state index is 0.327. The lowest BCUT2D eigenvalue weighted by Crippen LogP contribution is -2.44. The zero-order chi connectivity index (χ0) is 9.97. The van der Waals surface area contributed by atoms with Crippen LogP contribution in [-0.2, 0) is 0 Å². The molecule has 1 aromatic heterocycles. The predicted octanol–water partition coefficient (Wildman–Crippen LogP) is 0.122. The topological polar surface area (TPSA) is 67.1 Å². The highest BCUT2D eigenvalue weighted by Gasteiger charge is 2.13. The van der Waals surface area contributed by atoms with E-state index in [0.717, 1.165) is 26.2 Å². The van der Waals surface area contributed by atoms with Crippen molar-refractivity contribution in [3.8, 4) is 0 Å². The van der Waals surface area contributed by atoms with E-state index in [1.807, 2.05) is 0 Å². The van der Waals surface area contributed by atoms with E-state index in [0.29, 0.717) is 16.8 Å². The van der Waals surface area contributed by atoms with Crippen LogP contribution in [0.15, 0.2) is 6.20 Å². The van der Waals surface area contributed by atoms with Gasteiger partial charge in [-0.3, -0.25) is 0 Å². The number of halogens is 1. The molecule has 14 heavy (non-hydrogen) atoms. The van der Waals surface area contributed by atoms with Gasteiger partial charge in [0, 0.05) is 26.2 Å². The molecule has 0 saturated carbocycles. The van der Waals surface area contributed by atoms with E-state index >= 15 is 0 Å². The molecule has 1 aliphatic heterocycles. The monoisotopic (exact) mass is 213 g/mol. The van der Waals surface area contributed by atoms with E-state index in [2.05, 4.69) is 20.2 Å². The molecular weight excluding hydrogens is 202 g/mol. The minimum Gasteiger partial charge on any atom is -0.395 e. The maximum atomic E-state index is 5.81. The number of aromatic nitrogens is 2. The van der Waals surface area contributed by atoms with Gasteiger partial charge in [0.05, 0.1) is 11.9 Å². The number of piperazine rings is 1. The molecule has 3 N–H and O–H groups in total. The van der Waals surface area contributed by atoms with Crippen LogP contribution in [-0.4, -0.2) is 36.1 Å². The normalized spacial score (nSPS) is 17.1. The highest BCUT2D eigenvalue weighted by Crippen LogP contribution is 2.17. The van der Waals surface area contributed by atoms with Crippen LogP contribution in [0, 0.1) is 0 Å². The summed E-state index contributed by atoms with van der Waals surface area (Å²) in [5, 5.41) is 3.58. The summed E-state index contributed by atoms with van der Waals surface area (Å²) in [4.78, 5) is 10.3. The smallest absolute Gasteiger partial charge is 0.226 e. The Kier molecular flexibility index (Phi) is 2.69. The SMILES string of the molecule is Nc1cnc(N2CCNCC2)nc1Cl. The molecule has 76 valence electrons. The van der Waals surface area contributed by atoms with Gasteiger partial charge in [-0.25, -0.2) is 4.98 Å². The van der Waals surface area contributed by atoms with Crippen LogP contribution >= 0.6 is 11.6 Å².